The molecule has 0 atom stereocenters. The molecule has 0 aliphatic heterocycles. The van der Waals surface area contributed by atoms with E-state index in [1.165, 1.54) is 35.2 Å². The summed E-state index contributed by atoms with van der Waals surface area (Å²) in [5.41, 5.74) is -0.305. The molecule has 0 radical (unpaired) electrons. The molecule has 2 rings (SSSR count). The minimum atomic E-state index is -1.11. The molecule has 108 valence electrons. The second kappa shape index (κ2) is 6.31. The number of hydrogen-bond acceptors (Lipinski definition) is 4. The highest BCUT2D eigenvalue weighted by Crippen LogP contribution is 2.08. The zero-order valence-electron chi connectivity index (χ0n) is 10.6. The van der Waals surface area contributed by atoms with E-state index < -0.39 is 11.9 Å². The molecular formula is C13H10BrN3O4. The molecule has 0 unspecified atom stereocenters. The van der Waals surface area contributed by atoms with Crippen LogP contribution in [-0.2, 0) is 11.3 Å². The van der Waals surface area contributed by atoms with E-state index in [-0.39, 0.29) is 23.5 Å². The molecule has 0 bridgehead atoms. The highest BCUT2D eigenvalue weighted by molar-refractivity contribution is 9.10. The molecule has 2 heterocycles. The van der Waals surface area contributed by atoms with Gasteiger partial charge < -0.3 is 15.0 Å². The molecule has 0 aliphatic rings. The van der Waals surface area contributed by atoms with Gasteiger partial charge in [-0.3, -0.25) is 9.59 Å². The molecule has 1 amide bonds. The molecule has 0 aliphatic carbocycles. The fourth-order valence-electron chi connectivity index (χ4n) is 1.59. The molecule has 0 spiro atoms. The number of carboxylic acid groups (broad SMARTS) is 1. The average Bonchev–Trinajstić information content (AvgIpc) is 2.43. The number of anilines is 1. The van der Waals surface area contributed by atoms with Crippen molar-refractivity contribution in [2.45, 2.75) is 6.54 Å². The highest BCUT2D eigenvalue weighted by Gasteiger charge is 2.09. The molecule has 0 saturated carbocycles. The molecule has 8 heteroatoms. The lowest BCUT2D eigenvalue weighted by atomic mass is 10.2. The van der Waals surface area contributed by atoms with Crippen molar-refractivity contribution >= 4 is 33.6 Å². The molecular weight excluding hydrogens is 342 g/mol. The Balaban J connectivity index is 2.11. The standard InChI is InChI=1S/C13H10BrN3O4/c14-9-1-2-12(19)17(6-9)7-11(18)16-10-5-8(13(20)21)3-4-15-10/h1-6H,7H2,(H,20,21)(H,15,16,18). The fraction of sp³-hybridized carbons (Fsp3) is 0.0769. The summed E-state index contributed by atoms with van der Waals surface area (Å²) in [5, 5.41) is 11.3. The Morgan fingerprint density at radius 3 is 2.81 bits per heavy atom. The van der Waals surface area contributed by atoms with Crippen LogP contribution in [-0.4, -0.2) is 26.5 Å². The van der Waals surface area contributed by atoms with Crippen LogP contribution in [0.2, 0.25) is 0 Å². The molecule has 2 aromatic heterocycles. The van der Waals surface area contributed by atoms with Crippen LogP contribution in [0.5, 0.6) is 0 Å². The molecule has 2 N–H and O–H groups in total. The van der Waals surface area contributed by atoms with Crippen molar-refractivity contribution in [2.75, 3.05) is 5.32 Å². The lowest BCUT2D eigenvalue weighted by molar-refractivity contribution is -0.116. The zero-order chi connectivity index (χ0) is 15.4. The zero-order valence-corrected chi connectivity index (χ0v) is 12.2. The Kier molecular flexibility index (Phi) is 4.49. The maximum absolute atomic E-state index is 11.9. The van der Waals surface area contributed by atoms with Gasteiger partial charge in [0.1, 0.15) is 12.4 Å². The van der Waals surface area contributed by atoms with Crippen LogP contribution in [0.4, 0.5) is 5.82 Å². The van der Waals surface area contributed by atoms with Crippen molar-refractivity contribution in [3.05, 3.63) is 57.0 Å². The van der Waals surface area contributed by atoms with Gasteiger partial charge in [-0.2, -0.15) is 0 Å². The monoisotopic (exact) mass is 351 g/mol. The van der Waals surface area contributed by atoms with E-state index >= 15 is 0 Å². The van der Waals surface area contributed by atoms with Gasteiger partial charge in [0.05, 0.1) is 5.56 Å². The first-order valence-electron chi connectivity index (χ1n) is 5.81. The Bertz CT molecular complexity index is 757. The summed E-state index contributed by atoms with van der Waals surface area (Å²) in [6.45, 7) is -0.197. The molecule has 0 fully saturated rings. The fourth-order valence-corrected chi connectivity index (χ4v) is 1.97. The van der Waals surface area contributed by atoms with Crippen LogP contribution >= 0.6 is 15.9 Å². The second-order valence-electron chi connectivity index (χ2n) is 4.10. The smallest absolute Gasteiger partial charge is 0.335 e. The number of pyridine rings is 2. The SMILES string of the molecule is O=C(Cn1cc(Br)ccc1=O)Nc1cc(C(=O)O)ccn1. The maximum Gasteiger partial charge on any atom is 0.335 e. The number of carboxylic acids is 1. The highest BCUT2D eigenvalue weighted by atomic mass is 79.9. The first-order chi connectivity index (χ1) is 9.95. The predicted octanol–water partition coefficient (Wildman–Crippen LogP) is 1.34. The summed E-state index contributed by atoms with van der Waals surface area (Å²) in [6, 6.07) is 5.47. The second-order valence-corrected chi connectivity index (χ2v) is 5.01. The van der Waals surface area contributed by atoms with E-state index in [1.807, 2.05) is 0 Å². The maximum atomic E-state index is 11.9. The number of aromatic nitrogens is 2. The minimum Gasteiger partial charge on any atom is -0.478 e. The van der Waals surface area contributed by atoms with Gasteiger partial charge >= 0.3 is 5.97 Å². The van der Waals surface area contributed by atoms with Crippen molar-refractivity contribution in [2.24, 2.45) is 0 Å². The lowest BCUT2D eigenvalue weighted by Gasteiger charge is -2.07. The topological polar surface area (TPSA) is 101 Å². The minimum absolute atomic E-state index is 0.0138. The predicted molar refractivity (Wildman–Crippen MR) is 78.2 cm³/mol. The van der Waals surface area contributed by atoms with Crippen molar-refractivity contribution in [1.82, 2.24) is 9.55 Å². The third-order valence-electron chi connectivity index (χ3n) is 2.54. The van der Waals surface area contributed by atoms with Gasteiger partial charge in [-0.25, -0.2) is 9.78 Å². The van der Waals surface area contributed by atoms with Gasteiger partial charge in [-0.05, 0) is 34.1 Å². The Hall–Kier alpha value is -2.48. The first kappa shape index (κ1) is 14.9. The van der Waals surface area contributed by atoms with Crippen molar-refractivity contribution in [1.29, 1.82) is 0 Å². The van der Waals surface area contributed by atoms with Gasteiger partial charge in [0.15, 0.2) is 0 Å². The summed E-state index contributed by atoms with van der Waals surface area (Å²) in [7, 11) is 0. The number of halogens is 1. The van der Waals surface area contributed by atoms with Crippen LogP contribution in [0, 0.1) is 0 Å². The quantitative estimate of drug-likeness (QED) is 0.865. The summed E-state index contributed by atoms with van der Waals surface area (Å²) in [5.74, 6) is -1.48. The van der Waals surface area contributed by atoms with Crippen molar-refractivity contribution in [3.8, 4) is 0 Å². The first-order valence-corrected chi connectivity index (χ1v) is 6.60. The van der Waals surface area contributed by atoms with Gasteiger partial charge in [-0.15, -0.1) is 0 Å². The Morgan fingerprint density at radius 2 is 2.10 bits per heavy atom. The van der Waals surface area contributed by atoms with Crippen LogP contribution in [0.15, 0.2) is 45.9 Å². The van der Waals surface area contributed by atoms with E-state index in [1.54, 1.807) is 6.07 Å². The molecule has 0 aromatic carbocycles. The van der Waals surface area contributed by atoms with Crippen LogP contribution in [0.1, 0.15) is 10.4 Å². The van der Waals surface area contributed by atoms with Crippen LogP contribution in [0.25, 0.3) is 0 Å². The number of rotatable bonds is 4. The number of hydrogen-bond donors (Lipinski definition) is 2. The lowest BCUT2D eigenvalue weighted by Crippen LogP contribution is -2.27. The third kappa shape index (κ3) is 3.99. The van der Waals surface area contributed by atoms with Crippen molar-refractivity contribution < 1.29 is 14.7 Å². The van der Waals surface area contributed by atoms with E-state index in [9.17, 15) is 14.4 Å². The summed E-state index contributed by atoms with van der Waals surface area (Å²) in [4.78, 5) is 38.1. The van der Waals surface area contributed by atoms with E-state index in [0.29, 0.717) is 4.47 Å². The molecule has 0 saturated heterocycles. The van der Waals surface area contributed by atoms with Crippen LogP contribution in [0.3, 0.4) is 0 Å². The van der Waals surface area contributed by atoms with Crippen LogP contribution < -0.4 is 10.9 Å². The largest absolute Gasteiger partial charge is 0.478 e. The molecule has 2 aromatic rings. The number of nitrogens with one attached hydrogen (secondary N) is 1. The number of aromatic carboxylic acids is 1. The third-order valence-corrected chi connectivity index (χ3v) is 3.00. The number of nitrogens with zero attached hydrogens (tertiary/aromatic N) is 2. The Labute approximate surface area is 127 Å². The molecule has 7 nitrogen and oxygen atoms in total. The summed E-state index contributed by atoms with van der Waals surface area (Å²) >= 11 is 3.21. The molecule has 21 heavy (non-hydrogen) atoms. The van der Waals surface area contributed by atoms with Gasteiger partial charge in [0, 0.05) is 22.9 Å². The normalized spacial score (nSPS) is 10.1. The van der Waals surface area contributed by atoms with Crippen molar-refractivity contribution in [3.63, 3.8) is 0 Å². The van der Waals surface area contributed by atoms with E-state index in [4.69, 9.17) is 5.11 Å². The van der Waals surface area contributed by atoms with E-state index in [0.717, 1.165) is 0 Å². The Morgan fingerprint density at radius 1 is 1.33 bits per heavy atom. The number of carbonyl (C=O) groups excluding carboxylic acids is 1. The van der Waals surface area contributed by atoms with Gasteiger partial charge in [0.25, 0.3) is 5.56 Å². The van der Waals surface area contributed by atoms with E-state index in [2.05, 4.69) is 26.2 Å². The van der Waals surface area contributed by atoms with Gasteiger partial charge in [0.2, 0.25) is 5.91 Å². The number of carbonyl (C=O) groups is 2. The number of amides is 1. The summed E-state index contributed by atoms with van der Waals surface area (Å²) < 4.78 is 1.89. The average molecular weight is 352 g/mol. The summed E-state index contributed by atoms with van der Waals surface area (Å²) in [6.07, 6.45) is 2.77. The van der Waals surface area contributed by atoms with Gasteiger partial charge in [-0.1, -0.05) is 0 Å².